The summed E-state index contributed by atoms with van der Waals surface area (Å²) in [4.78, 5) is 23.6. The van der Waals surface area contributed by atoms with E-state index in [1.807, 2.05) is 0 Å². The van der Waals surface area contributed by atoms with E-state index >= 15 is 0 Å². The fraction of sp³-hybridized carbons (Fsp3) is 0.167. The van der Waals surface area contributed by atoms with E-state index < -0.39 is 28.2 Å². The van der Waals surface area contributed by atoms with E-state index in [4.69, 9.17) is 21.4 Å². The molecule has 0 fully saturated rings. The summed E-state index contributed by atoms with van der Waals surface area (Å²) in [5, 5.41) is 11.4. The van der Waals surface area contributed by atoms with Gasteiger partial charge in [-0.3, -0.25) is 9.10 Å². The van der Waals surface area contributed by atoms with Gasteiger partial charge >= 0.3 is 5.97 Å². The molecule has 1 heterocycles. The number of hydrogen-bond acceptors (Lipinski definition) is 5. The average molecular weight is 519 g/mol. The van der Waals surface area contributed by atoms with E-state index in [2.05, 4.69) is 5.32 Å². The number of carbonyl (C=O) groups is 2. The molecule has 0 aliphatic carbocycles. The number of halogens is 2. The zero-order valence-electron chi connectivity index (χ0n) is 18.1. The molecule has 0 radical (unpaired) electrons. The first-order chi connectivity index (χ1) is 16.6. The zero-order chi connectivity index (χ0) is 25.2. The second kappa shape index (κ2) is 9.93. The van der Waals surface area contributed by atoms with Crippen LogP contribution in [-0.4, -0.2) is 44.8 Å². The van der Waals surface area contributed by atoms with Crippen molar-refractivity contribution in [3.63, 3.8) is 0 Å². The predicted octanol–water partition coefficient (Wildman–Crippen LogP) is 3.89. The molecule has 0 aromatic heterocycles. The van der Waals surface area contributed by atoms with E-state index in [1.165, 1.54) is 60.7 Å². The Morgan fingerprint density at radius 3 is 2.49 bits per heavy atom. The molecule has 8 nitrogen and oxygen atoms in total. The number of benzene rings is 3. The average Bonchev–Trinajstić information content (AvgIpc) is 2.83. The maximum atomic E-state index is 14.6. The minimum atomic E-state index is -3.99. The van der Waals surface area contributed by atoms with Crippen LogP contribution in [0.2, 0.25) is 5.02 Å². The summed E-state index contributed by atoms with van der Waals surface area (Å²) >= 11 is 5.96. The number of anilines is 1. The van der Waals surface area contributed by atoms with E-state index in [-0.39, 0.29) is 52.1 Å². The number of amides is 1. The number of nitrogens with zero attached hydrogens (tertiary/aromatic N) is 1. The number of aromatic carboxylic acids is 1. The van der Waals surface area contributed by atoms with Crippen LogP contribution in [0.3, 0.4) is 0 Å². The van der Waals surface area contributed by atoms with Crippen LogP contribution in [0, 0.1) is 0 Å². The van der Waals surface area contributed by atoms with Crippen molar-refractivity contribution in [2.45, 2.75) is 17.6 Å². The van der Waals surface area contributed by atoms with Crippen molar-refractivity contribution >= 4 is 39.2 Å². The molecule has 35 heavy (non-hydrogen) atoms. The lowest BCUT2D eigenvalue weighted by Crippen LogP contribution is -2.38. The van der Waals surface area contributed by atoms with Crippen molar-refractivity contribution in [3.8, 4) is 5.75 Å². The van der Waals surface area contributed by atoms with Gasteiger partial charge in [-0.05, 0) is 54.1 Å². The molecule has 2 N–H and O–H groups in total. The van der Waals surface area contributed by atoms with Crippen molar-refractivity contribution in [2.24, 2.45) is 0 Å². The molecule has 1 unspecified atom stereocenters. The zero-order valence-corrected chi connectivity index (χ0v) is 19.7. The summed E-state index contributed by atoms with van der Waals surface area (Å²) in [5.74, 6) is -1.56. The number of fused-ring (bicyclic) bond motifs is 1. The molecule has 0 spiro atoms. The van der Waals surface area contributed by atoms with Gasteiger partial charge in [-0.2, -0.15) is 0 Å². The van der Waals surface area contributed by atoms with Gasteiger partial charge in [0.25, 0.3) is 15.9 Å². The normalized spacial score (nSPS) is 13.9. The van der Waals surface area contributed by atoms with Crippen LogP contribution in [0.4, 0.5) is 10.1 Å². The number of alkyl halides is 1. The van der Waals surface area contributed by atoms with Crippen LogP contribution >= 0.6 is 11.6 Å². The summed E-state index contributed by atoms with van der Waals surface area (Å²) in [6.45, 7) is 0.135. The Morgan fingerprint density at radius 2 is 1.80 bits per heavy atom. The molecule has 0 bridgehead atoms. The first kappa shape index (κ1) is 24.5. The molecule has 1 amide bonds. The monoisotopic (exact) mass is 518 g/mol. The molecule has 1 aliphatic rings. The third kappa shape index (κ3) is 5.39. The quantitative estimate of drug-likeness (QED) is 0.459. The van der Waals surface area contributed by atoms with E-state index in [1.54, 1.807) is 6.07 Å². The maximum absolute atomic E-state index is 14.6. The highest BCUT2D eigenvalue weighted by atomic mass is 35.5. The van der Waals surface area contributed by atoms with Gasteiger partial charge in [0.1, 0.15) is 12.4 Å². The third-order valence-electron chi connectivity index (χ3n) is 5.33. The number of rotatable bonds is 7. The third-order valence-corrected chi connectivity index (χ3v) is 7.37. The number of carboxylic acids is 1. The predicted molar refractivity (Wildman–Crippen MR) is 127 cm³/mol. The molecule has 0 saturated carbocycles. The van der Waals surface area contributed by atoms with Gasteiger partial charge in [0, 0.05) is 17.0 Å². The van der Waals surface area contributed by atoms with Crippen LogP contribution in [0.5, 0.6) is 5.75 Å². The summed E-state index contributed by atoms with van der Waals surface area (Å²) in [6.07, 6.45) is -1.92. The molecule has 3 aromatic carbocycles. The highest BCUT2D eigenvalue weighted by Gasteiger charge is 2.31. The lowest BCUT2D eigenvalue weighted by Gasteiger charge is -2.30. The van der Waals surface area contributed by atoms with Crippen LogP contribution in [0.15, 0.2) is 71.6 Å². The molecule has 4 rings (SSSR count). The first-order valence-electron chi connectivity index (χ1n) is 10.5. The van der Waals surface area contributed by atoms with Crippen LogP contribution in [-0.2, 0) is 16.4 Å². The van der Waals surface area contributed by atoms with Gasteiger partial charge in [-0.15, -0.1) is 0 Å². The number of carboxylic acid groups (broad SMARTS) is 1. The lowest BCUT2D eigenvalue weighted by molar-refractivity contribution is 0.0696. The maximum Gasteiger partial charge on any atom is 0.335 e. The fourth-order valence-electron chi connectivity index (χ4n) is 3.61. The first-order valence-corrected chi connectivity index (χ1v) is 12.3. The van der Waals surface area contributed by atoms with Crippen molar-refractivity contribution in [1.82, 2.24) is 5.32 Å². The SMILES string of the molecule is O=C(O)c1ccc(CC(F)NC(=O)c2ccc3c(c2)N(S(=O)(=O)c2cccc(Cl)c2)CCO3)cc1. The minimum absolute atomic E-state index is 0.00885. The highest BCUT2D eigenvalue weighted by molar-refractivity contribution is 7.92. The van der Waals surface area contributed by atoms with E-state index in [9.17, 15) is 22.4 Å². The Labute approximate surface area is 205 Å². The van der Waals surface area contributed by atoms with Gasteiger partial charge in [0.15, 0.2) is 6.30 Å². The molecule has 1 atom stereocenters. The molecular weight excluding hydrogens is 499 g/mol. The second-order valence-corrected chi connectivity index (χ2v) is 10.0. The summed E-state index contributed by atoms with van der Waals surface area (Å²) in [7, 11) is -3.99. The van der Waals surface area contributed by atoms with Crippen molar-refractivity contribution in [2.75, 3.05) is 17.5 Å². The highest BCUT2D eigenvalue weighted by Crippen LogP contribution is 2.36. The smallest absolute Gasteiger partial charge is 0.335 e. The number of carbonyl (C=O) groups excluding carboxylic acids is 1. The Kier molecular flexibility index (Phi) is 6.95. The number of ether oxygens (including phenoxy) is 1. The lowest BCUT2D eigenvalue weighted by atomic mass is 10.1. The molecule has 1 aliphatic heterocycles. The fourth-order valence-corrected chi connectivity index (χ4v) is 5.36. The minimum Gasteiger partial charge on any atom is -0.489 e. The Hall–Kier alpha value is -3.63. The molecule has 3 aromatic rings. The largest absolute Gasteiger partial charge is 0.489 e. The number of hydrogen-bond donors (Lipinski definition) is 2. The second-order valence-electron chi connectivity index (χ2n) is 7.71. The van der Waals surface area contributed by atoms with Gasteiger partial charge in [-0.1, -0.05) is 29.8 Å². The Morgan fingerprint density at radius 1 is 1.09 bits per heavy atom. The Balaban J connectivity index is 1.53. The van der Waals surface area contributed by atoms with Crippen LogP contribution < -0.4 is 14.4 Å². The summed E-state index contributed by atoms with van der Waals surface area (Å²) in [6, 6.07) is 15.7. The molecular formula is C24H20ClFN2O6S. The van der Waals surface area contributed by atoms with E-state index in [0.29, 0.717) is 5.56 Å². The molecule has 11 heteroatoms. The van der Waals surface area contributed by atoms with Gasteiger partial charge in [-0.25, -0.2) is 17.6 Å². The standard InChI is InChI=1S/C24H20ClFN2O6S/c25-18-2-1-3-19(14-18)35(32,33)28-10-11-34-21-9-8-17(13-20(21)28)23(29)27-22(26)12-15-4-6-16(7-5-15)24(30)31/h1-9,13-14,22H,10-12H2,(H,27,29)(H,30,31). The van der Waals surface area contributed by atoms with Crippen LogP contribution in [0.1, 0.15) is 26.3 Å². The number of nitrogens with one attached hydrogen (secondary N) is 1. The van der Waals surface area contributed by atoms with Gasteiger partial charge in [0.05, 0.1) is 22.7 Å². The number of sulfonamides is 1. The molecule has 182 valence electrons. The van der Waals surface area contributed by atoms with Crippen molar-refractivity contribution in [3.05, 3.63) is 88.4 Å². The Bertz CT molecular complexity index is 1380. The van der Waals surface area contributed by atoms with Crippen molar-refractivity contribution in [1.29, 1.82) is 0 Å². The van der Waals surface area contributed by atoms with Gasteiger partial charge in [0.2, 0.25) is 0 Å². The topological polar surface area (TPSA) is 113 Å². The summed E-state index contributed by atoms with van der Waals surface area (Å²) < 4.78 is 47.7. The van der Waals surface area contributed by atoms with Crippen molar-refractivity contribution < 1.29 is 32.2 Å². The molecule has 0 saturated heterocycles. The van der Waals surface area contributed by atoms with E-state index in [0.717, 1.165) is 4.31 Å². The van der Waals surface area contributed by atoms with Crippen LogP contribution in [0.25, 0.3) is 0 Å². The summed E-state index contributed by atoms with van der Waals surface area (Å²) in [5.41, 5.74) is 0.773. The van der Waals surface area contributed by atoms with Gasteiger partial charge < -0.3 is 15.2 Å².